The van der Waals surface area contributed by atoms with E-state index in [9.17, 15) is 0 Å². The summed E-state index contributed by atoms with van der Waals surface area (Å²) in [5.74, 6) is 0. The SMILES string of the molecule is NCC(c1ccc(Br)c(Cl)c1)N1CCOC2CCCC21. The highest BCUT2D eigenvalue weighted by Gasteiger charge is 2.39. The molecule has 2 fully saturated rings. The molecule has 1 saturated heterocycles. The Morgan fingerprint density at radius 1 is 1.45 bits per heavy atom. The molecule has 2 aliphatic rings. The molecular formula is C15H20BrClN2O. The molecule has 5 heteroatoms. The second-order valence-electron chi connectivity index (χ2n) is 5.57. The normalized spacial score (nSPS) is 28.4. The summed E-state index contributed by atoms with van der Waals surface area (Å²) in [7, 11) is 0. The van der Waals surface area contributed by atoms with Gasteiger partial charge < -0.3 is 10.5 Å². The summed E-state index contributed by atoms with van der Waals surface area (Å²) in [5.41, 5.74) is 7.27. The molecule has 0 aromatic heterocycles. The number of morpholine rings is 1. The van der Waals surface area contributed by atoms with Crippen LogP contribution in [0.2, 0.25) is 5.02 Å². The molecule has 3 atom stereocenters. The van der Waals surface area contributed by atoms with Crippen LogP contribution in [0.25, 0.3) is 0 Å². The second kappa shape index (κ2) is 6.32. The molecule has 3 unspecified atom stereocenters. The van der Waals surface area contributed by atoms with Crippen molar-refractivity contribution in [2.45, 2.75) is 37.5 Å². The minimum atomic E-state index is 0.232. The summed E-state index contributed by atoms with van der Waals surface area (Å²) >= 11 is 9.68. The highest BCUT2D eigenvalue weighted by Crippen LogP contribution is 2.36. The fourth-order valence-electron chi connectivity index (χ4n) is 3.53. The minimum absolute atomic E-state index is 0.232. The van der Waals surface area contributed by atoms with Crippen LogP contribution >= 0.6 is 27.5 Å². The van der Waals surface area contributed by atoms with Gasteiger partial charge in [-0.15, -0.1) is 0 Å². The Morgan fingerprint density at radius 3 is 3.05 bits per heavy atom. The summed E-state index contributed by atoms with van der Waals surface area (Å²) < 4.78 is 6.82. The van der Waals surface area contributed by atoms with Crippen LogP contribution in [0, 0.1) is 0 Å². The van der Waals surface area contributed by atoms with Crippen LogP contribution in [0.4, 0.5) is 0 Å². The van der Waals surface area contributed by atoms with Crippen molar-refractivity contribution in [3.63, 3.8) is 0 Å². The van der Waals surface area contributed by atoms with Gasteiger partial charge in [-0.2, -0.15) is 0 Å². The predicted octanol–water partition coefficient (Wildman–Crippen LogP) is 3.36. The van der Waals surface area contributed by atoms with E-state index in [0.717, 1.165) is 22.6 Å². The topological polar surface area (TPSA) is 38.5 Å². The zero-order chi connectivity index (χ0) is 14.1. The van der Waals surface area contributed by atoms with E-state index in [-0.39, 0.29) is 6.04 Å². The summed E-state index contributed by atoms with van der Waals surface area (Å²) in [5, 5.41) is 0.747. The zero-order valence-electron chi connectivity index (χ0n) is 11.4. The number of halogens is 2. The van der Waals surface area contributed by atoms with Gasteiger partial charge in [-0.3, -0.25) is 4.90 Å². The summed E-state index contributed by atoms with van der Waals surface area (Å²) in [4.78, 5) is 2.53. The molecule has 20 heavy (non-hydrogen) atoms. The predicted molar refractivity (Wildman–Crippen MR) is 85.0 cm³/mol. The van der Waals surface area contributed by atoms with Crippen molar-refractivity contribution in [2.75, 3.05) is 19.7 Å². The van der Waals surface area contributed by atoms with Gasteiger partial charge in [-0.25, -0.2) is 0 Å². The van der Waals surface area contributed by atoms with Crippen molar-refractivity contribution in [1.82, 2.24) is 4.90 Å². The van der Waals surface area contributed by atoms with Crippen molar-refractivity contribution in [3.8, 4) is 0 Å². The number of ether oxygens (including phenoxy) is 1. The first kappa shape index (κ1) is 14.8. The van der Waals surface area contributed by atoms with Gasteiger partial charge in [0.25, 0.3) is 0 Å². The monoisotopic (exact) mass is 358 g/mol. The fourth-order valence-corrected chi connectivity index (χ4v) is 3.96. The molecule has 0 bridgehead atoms. The number of hydrogen-bond acceptors (Lipinski definition) is 3. The van der Waals surface area contributed by atoms with Gasteiger partial charge in [-0.05, 0) is 52.9 Å². The van der Waals surface area contributed by atoms with Crippen LogP contribution in [0.5, 0.6) is 0 Å². The third kappa shape index (κ3) is 2.77. The van der Waals surface area contributed by atoms with Crippen LogP contribution in [0.1, 0.15) is 30.9 Å². The average Bonchev–Trinajstić information content (AvgIpc) is 2.93. The van der Waals surface area contributed by atoms with Gasteiger partial charge in [0.05, 0.1) is 17.7 Å². The molecule has 2 N–H and O–H groups in total. The van der Waals surface area contributed by atoms with Crippen molar-refractivity contribution in [1.29, 1.82) is 0 Å². The third-order valence-electron chi connectivity index (χ3n) is 4.48. The maximum Gasteiger partial charge on any atom is 0.0731 e. The van der Waals surface area contributed by atoms with E-state index in [0.29, 0.717) is 18.7 Å². The van der Waals surface area contributed by atoms with Gasteiger partial charge in [0, 0.05) is 29.6 Å². The van der Waals surface area contributed by atoms with Crippen LogP contribution < -0.4 is 5.73 Å². The molecule has 0 amide bonds. The highest BCUT2D eigenvalue weighted by molar-refractivity contribution is 9.10. The molecule has 0 radical (unpaired) electrons. The van der Waals surface area contributed by atoms with E-state index in [1.807, 2.05) is 12.1 Å². The fraction of sp³-hybridized carbons (Fsp3) is 0.600. The zero-order valence-corrected chi connectivity index (χ0v) is 13.7. The molecule has 1 saturated carbocycles. The molecule has 1 aromatic rings. The average molecular weight is 360 g/mol. The Labute approximate surface area is 133 Å². The number of nitrogens with zero attached hydrogens (tertiary/aromatic N) is 1. The Kier molecular flexibility index (Phi) is 4.68. The van der Waals surface area contributed by atoms with Crippen LogP contribution in [0.3, 0.4) is 0 Å². The van der Waals surface area contributed by atoms with Crippen molar-refractivity contribution >= 4 is 27.5 Å². The van der Waals surface area contributed by atoms with Crippen molar-refractivity contribution in [3.05, 3.63) is 33.3 Å². The van der Waals surface area contributed by atoms with Gasteiger partial charge in [0.2, 0.25) is 0 Å². The van der Waals surface area contributed by atoms with Crippen molar-refractivity contribution < 1.29 is 4.74 Å². The van der Waals surface area contributed by atoms with E-state index < -0.39 is 0 Å². The lowest BCUT2D eigenvalue weighted by atomic mass is 10.0. The summed E-state index contributed by atoms with van der Waals surface area (Å²) in [6.07, 6.45) is 4.04. The lowest BCUT2D eigenvalue weighted by Crippen LogP contribution is -2.51. The number of rotatable bonds is 3. The first-order chi connectivity index (χ1) is 9.70. The molecule has 1 heterocycles. The Bertz CT molecular complexity index is 485. The van der Waals surface area contributed by atoms with E-state index in [1.54, 1.807) is 0 Å². The molecule has 110 valence electrons. The number of fused-ring (bicyclic) bond motifs is 1. The van der Waals surface area contributed by atoms with Crippen molar-refractivity contribution in [2.24, 2.45) is 5.73 Å². The molecule has 1 aromatic carbocycles. The van der Waals surface area contributed by atoms with Crippen LogP contribution in [-0.2, 0) is 4.74 Å². The smallest absolute Gasteiger partial charge is 0.0731 e. The molecule has 0 spiro atoms. The quantitative estimate of drug-likeness (QED) is 0.899. The highest BCUT2D eigenvalue weighted by atomic mass is 79.9. The van der Waals surface area contributed by atoms with E-state index >= 15 is 0 Å². The summed E-state index contributed by atoms with van der Waals surface area (Å²) in [6, 6.07) is 6.90. The Morgan fingerprint density at radius 2 is 2.30 bits per heavy atom. The van der Waals surface area contributed by atoms with Gasteiger partial charge in [0.15, 0.2) is 0 Å². The standard InChI is InChI=1S/C15H20BrClN2O/c16-11-5-4-10(8-12(11)17)14(9-18)19-6-7-20-15-3-1-2-13(15)19/h4-5,8,13-15H,1-3,6-7,9,18H2. The number of hydrogen-bond donors (Lipinski definition) is 1. The maximum absolute atomic E-state index is 6.23. The Balaban J connectivity index is 1.86. The second-order valence-corrected chi connectivity index (χ2v) is 6.83. The lowest BCUT2D eigenvalue weighted by molar-refractivity contribution is -0.0711. The Hall–Kier alpha value is -0.130. The first-order valence-corrected chi connectivity index (χ1v) is 8.40. The molecule has 3 rings (SSSR count). The molecule has 3 nitrogen and oxygen atoms in total. The number of nitrogens with two attached hydrogens (primary N) is 1. The molecule has 1 aliphatic carbocycles. The van der Waals surface area contributed by atoms with E-state index in [1.165, 1.54) is 24.8 Å². The van der Waals surface area contributed by atoms with Crippen LogP contribution in [0.15, 0.2) is 22.7 Å². The third-order valence-corrected chi connectivity index (χ3v) is 5.71. The van der Waals surface area contributed by atoms with E-state index in [2.05, 4.69) is 26.9 Å². The largest absolute Gasteiger partial charge is 0.375 e. The van der Waals surface area contributed by atoms with E-state index in [4.69, 9.17) is 22.1 Å². The lowest BCUT2D eigenvalue weighted by Gasteiger charge is -2.42. The molecule has 1 aliphatic heterocycles. The van der Waals surface area contributed by atoms with Gasteiger partial charge in [-0.1, -0.05) is 17.7 Å². The van der Waals surface area contributed by atoms with Gasteiger partial charge >= 0.3 is 0 Å². The van der Waals surface area contributed by atoms with Crippen LogP contribution in [-0.4, -0.2) is 36.7 Å². The molecular weight excluding hydrogens is 340 g/mol. The van der Waals surface area contributed by atoms with Gasteiger partial charge in [0.1, 0.15) is 0 Å². The first-order valence-electron chi connectivity index (χ1n) is 7.23. The number of benzene rings is 1. The summed E-state index contributed by atoms with van der Waals surface area (Å²) in [6.45, 7) is 2.37. The maximum atomic E-state index is 6.23. The minimum Gasteiger partial charge on any atom is -0.375 e.